The lowest BCUT2D eigenvalue weighted by molar-refractivity contribution is -0.122. The molecular formula is C16H11Br3N6O2. The molecule has 138 valence electrons. The van der Waals surface area contributed by atoms with Crippen LogP contribution in [0.3, 0.4) is 0 Å². The average molecular weight is 559 g/mol. The molecule has 1 heterocycles. The van der Waals surface area contributed by atoms with Crippen molar-refractivity contribution in [3.8, 4) is 17.1 Å². The quantitative estimate of drug-likeness (QED) is 0.368. The standard InChI is InChI=1S/C16H11Br3N6O2/c17-11-6-12(18)15(27)14(19)10(11)7-20-21-13(26)8-25-23-16(22-24-25)9-4-2-1-3-5-9/h1-7,27H,8H2,(H,21,26). The Balaban J connectivity index is 1.63. The number of hydrazone groups is 1. The number of carbonyl (C=O) groups is 1. The Labute approximate surface area is 179 Å². The van der Waals surface area contributed by atoms with Gasteiger partial charge in [-0.2, -0.15) is 9.90 Å². The van der Waals surface area contributed by atoms with Crippen LogP contribution in [0.4, 0.5) is 0 Å². The minimum atomic E-state index is -0.420. The lowest BCUT2D eigenvalue weighted by Gasteiger charge is -2.06. The maximum atomic E-state index is 12.0. The molecule has 0 saturated carbocycles. The van der Waals surface area contributed by atoms with Gasteiger partial charge in [0.2, 0.25) is 5.82 Å². The number of rotatable bonds is 5. The first kappa shape index (κ1) is 19.6. The van der Waals surface area contributed by atoms with Crippen LogP contribution in [0.15, 0.2) is 54.9 Å². The van der Waals surface area contributed by atoms with E-state index in [-0.39, 0.29) is 12.3 Å². The van der Waals surface area contributed by atoms with E-state index in [2.05, 4.69) is 73.7 Å². The summed E-state index contributed by atoms with van der Waals surface area (Å²) in [5.74, 6) is 0.0492. The lowest BCUT2D eigenvalue weighted by Crippen LogP contribution is -2.24. The number of amides is 1. The summed E-state index contributed by atoms with van der Waals surface area (Å²) >= 11 is 9.88. The van der Waals surface area contributed by atoms with Crippen molar-refractivity contribution in [2.75, 3.05) is 0 Å². The highest BCUT2D eigenvalue weighted by molar-refractivity contribution is 9.11. The Bertz CT molecular complexity index is 1010. The fraction of sp³-hybridized carbons (Fsp3) is 0.0625. The van der Waals surface area contributed by atoms with Gasteiger partial charge in [-0.05, 0) is 43.1 Å². The Morgan fingerprint density at radius 3 is 2.70 bits per heavy atom. The number of phenols is 1. The van der Waals surface area contributed by atoms with E-state index in [0.717, 1.165) is 5.56 Å². The van der Waals surface area contributed by atoms with Gasteiger partial charge >= 0.3 is 0 Å². The second-order valence-electron chi connectivity index (χ2n) is 5.22. The Morgan fingerprint density at radius 2 is 1.96 bits per heavy atom. The number of hydrogen-bond acceptors (Lipinski definition) is 6. The number of aromatic hydroxyl groups is 1. The predicted octanol–water partition coefficient (Wildman–Crippen LogP) is 3.48. The summed E-state index contributed by atoms with van der Waals surface area (Å²) in [5, 5.41) is 25.8. The summed E-state index contributed by atoms with van der Waals surface area (Å²) in [7, 11) is 0. The molecule has 11 heteroatoms. The van der Waals surface area contributed by atoms with Gasteiger partial charge in [-0.15, -0.1) is 10.2 Å². The molecule has 0 unspecified atom stereocenters. The van der Waals surface area contributed by atoms with Crippen molar-refractivity contribution >= 4 is 59.9 Å². The highest BCUT2D eigenvalue weighted by atomic mass is 79.9. The minimum absolute atomic E-state index is 0.0335. The summed E-state index contributed by atoms with van der Waals surface area (Å²) in [4.78, 5) is 13.2. The predicted molar refractivity (Wildman–Crippen MR) is 110 cm³/mol. The molecule has 3 rings (SSSR count). The van der Waals surface area contributed by atoms with Crippen LogP contribution in [-0.2, 0) is 11.3 Å². The zero-order chi connectivity index (χ0) is 19.4. The van der Waals surface area contributed by atoms with Crippen LogP contribution in [-0.4, -0.2) is 37.4 Å². The fourth-order valence-corrected chi connectivity index (χ4v) is 4.38. The van der Waals surface area contributed by atoms with Crippen molar-refractivity contribution in [3.63, 3.8) is 0 Å². The van der Waals surface area contributed by atoms with Crippen LogP contribution in [0.2, 0.25) is 0 Å². The van der Waals surface area contributed by atoms with Gasteiger partial charge in [-0.25, -0.2) is 5.43 Å². The molecule has 0 bridgehead atoms. The van der Waals surface area contributed by atoms with Gasteiger partial charge in [0.05, 0.1) is 15.2 Å². The van der Waals surface area contributed by atoms with Crippen molar-refractivity contribution in [3.05, 3.63) is 55.4 Å². The molecule has 0 atom stereocenters. The molecule has 0 aliphatic heterocycles. The van der Waals surface area contributed by atoms with Gasteiger partial charge < -0.3 is 5.11 Å². The summed E-state index contributed by atoms with van der Waals surface area (Å²) in [5.41, 5.74) is 3.77. The molecule has 2 N–H and O–H groups in total. The van der Waals surface area contributed by atoms with Crippen LogP contribution in [0.1, 0.15) is 5.56 Å². The zero-order valence-corrected chi connectivity index (χ0v) is 18.2. The molecule has 1 amide bonds. The van der Waals surface area contributed by atoms with Crippen LogP contribution >= 0.6 is 47.8 Å². The number of nitrogens with zero attached hydrogens (tertiary/aromatic N) is 5. The van der Waals surface area contributed by atoms with E-state index in [4.69, 9.17) is 0 Å². The highest BCUT2D eigenvalue weighted by Crippen LogP contribution is 2.38. The third-order valence-electron chi connectivity index (χ3n) is 3.33. The van der Waals surface area contributed by atoms with Gasteiger partial charge in [0.25, 0.3) is 5.91 Å². The zero-order valence-electron chi connectivity index (χ0n) is 13.5. The first-order valence-electron chi connectivity index (χ1n) is 7.47. The van der Waals surface area contributed by atoms with Gasteiger partial charge in [0, 0.05) is 15.6 Å². The van der Waals surface area contributed by atoms with Crippen molar-refractivity contribution in [2.45, 2.75) is 6.54 Å². The van der Waals surface area contributed by atoms with E-state index in [1.807, 2.05) is 30.3 Å². The number of nitrogens with one attached hydrogen (secondary N) is 1. The van der Waals surface area contributed by atoms with Gasteiger partial charge in [0.1, 0.15) is 12.3 Å². The van der Waals surface area contributed by atoms with E-state index >= 15 is 0 Å². The molecule has 0 spiro atoms. The molecular weight excluding hydrogens is 548 g/mol. The summed E-state index contributed by atoms with van der Waals surface area (Å²) in [6.07, 6.45) is 1.41. The van der Waals surface area contributed by atoms with E-state index < -0.39 is 5.91 Å². The van der Waals surface area contributed by atoms with Crippen molar-refractivity contribution in [2.24, 2.45) is 5.10 Å². The molecule has 8 nitrogen and oxygen atoms in total. The lowest BCUT2D eigenvalue weighted by atomic mass is 10.2. The van der Waals surface area contributed by atoms with Crippen LogP contribution in [0.5, 0.6) is 5.75 Å². The highest BCUT2D eigenvalue weighted by Gasteiger charge is 2.12. The summed E-state index contributed by atoms with van der Waals surface area (Å²) < 4.78 is 1.64. The topological polar surface area (TPSA) is 105 Å². The third kappa shape index (κ3) is 4.79. The van der Waals surface area contributed by atoms with Crippen LogP contribution in [0, 0.1) is 0 Å². The van der Waals surface area contributed by atoms with Crippen molar-refractivity contribution < 1.29 is 9.90 Å². The van der Waals surface area contributed by atoms with Crippen molar-refractivity contribution in [1.82, 2.24) is 25.6 Å². The second-order valence-corrected chi connectivity index (χ2v) is 7.72. The van der Waals surface area contributed by atoms with Crippen LogP contribution in [0.25, 0.3) is 11.4 Å². The first-order valence-corrected chi connectivity index (χ1v) is 9.85. The number of hydrogen-bond donors (Lipinski definition) is 2. The number of halogens is 3. The van der Waals surface area contributed by atoms with E-state index in [1.165, 1.54) is 11.0 Å². The minimum Gasteiger partial charge on any atom is -0.506 e. The Hall–Kier alpha value is -2.11. The van der Waals surface area contributed by atoms with Gasteiger partial charge in [-0.1, -0.05) is 46.3 Å². The largest absolute Gasteiger partial charge is 0.506 e. The van der Waals surface area contributed by atoms with Gasteiger partial charge in [-0.3, -0.25) is 4.79 Å². The number of carbonyl (C=O) groups excluding carboxylic acids is 1. The molecule has 0 radical (unpaired) electrons. The molecule has 27 heavy (non-hydrogen) atoms. The van der Waals surface area contributed by atoms with Crippen LogP contribution < -0.4 is 5.43 Å². The SMILES string of the molecule is O=C(Cn1nnc(-c2ccccc2)n1)NN=Cc1c(Br)cc(Br)c(O)c1Br. The molecule has 2 aromatic carbocycles. The summed E-state index contributed by atoms with van der Waals surface area (Å²) in [6.45, 7) is -0.134. The number of benzene rings is 2. The van der Waals surface area contributed by atoms with Gasteiger partial charge in [0.15, 0.2) is 0 Å². The fourth-order valence-electron chi connectivity index (χ4n) is 2.06. The van der Waals surface area contributed by atoms with E-state index in [9.17, 15) is 9.90 Å². The third-order valence-corrected chi connectivity index (χ3v) is 5.40. The monoisotopic (exact) mass is 556 g/mol. The van der Waals surface area contributed by atoms with E-state index in [0.29, 0.717) is 24.8 Å². The molecule has 1 aromatic heterocycles. The summed E-state index contributed by atoms with van der Waals surface area (Å²) in [6, 6.07) is 11.0. The first-order chi connectivity index (χ1) is 13.0. The van der Waals surface area contributed by atoms with E-state index in [1.54, 1.807) is 6.07 Å². The molecule has 3 aromatic rings. The number of phenolic OH excluding ortho intramolecular Hbond substituents is 1. The van der Waals surface area contributed by atoms with Crippen molar-refractivity contribution in [1.29, 1.82) is 0 Å². The molecule has 0 saturated heterocycles. The normalized spacial score (nSPS) is 11.1. The molecule has 0 aliphatic carbocycles. The maximum absolute atomic E-state index is 12.0. The maximum Gasteiger partial charge on any atom is 0.263 e. The average Bonchev–Trinajstić information content (AvgIpc) is 3.12. The number of tetrazole rings is 1. The molecule has 0 aliphatic rings. The Morgan fingerprint density at radius 1 is 1.22 bits per heavy atom. The second kappa shape index (κ2) is 8.72. The smallest absolute Gasteiger partial charge is 0.263 e. The number of aromatic nitrogens is 4. The Kier molecular flexibility index (Phi) is 6.34. The molecule has 0 fully saturated rings.